The Morgan fingerprint density at radius 2 is 1.71 bits per heavy atom. The van der Waals surface area contributed by atoms with Crippen LogP contribution in [-0.4, -0.2) is 12.6 Å². The summed E-state index contributed by atoms with van der Waals surface area (Å²) < 4.78 is 0. The van der Waals surface area contributed by atoms with E-state index in [1.165, 1.54) is 57.9 Å². The quantitative estimate of drug-likeness (QED) is 0.748. The zero-order valence-corrected chi connectivity index (χ0v) is 12.5. The molecule has 1 aliphatic rings. The zero-order valence-electron chi connectivity index (χ0n) is 12.5. The first kappa shape index (κ1) is 15.0. The average Bonchev–Trinajstić information content (AvgIpc) is 2.26. The van der Waals surface area contributed by atoms with Crippen molar-refractivity contribution in [3.63, 3.8) is 0 Å². The van der Waals surface area contributed by atoms with E-state index in [2.05, 4.69) is 33.0 Å². The Morgan fingerprint density at radius 3 is 2.41 bits per heavy atom. The first-order valence-corrected chi connectivity index (χ1v) is 7.81. The highest BCUT2D eigenvalue weighted by molar-refractivity contribution is 4.85. The van der Waals surface area contributed by atoms with Crippen LogP contribution < -0.4 is 5.32 Å². The zero-order chi connectivity index (χ0) is 12.7. The van der Waals surface area contributed by atoms with Crippen molar-refractivity contribution in [2.45, 2.75) is 85.1 Å². The second-order valence-corrected chi connectivity index (χ2v) is 6.64. The Morgan fingerprint density at radius 1 is 1.06 bits per heavy atom. The maximum Gasteiger partial charge on any atom is 0.00720 e. The van der Waals surface area contributed by atoms with Gasteiger partial charge in [0.25, 0.3) is 0 Å². The summed E-state index contributed by atoms with van der Waals surface area (Å²) in [5.41, 5.74) is 0.500. The average molecular weight is 239 g/mol. The lowest BCUT2D eigenvalue weighted by Gasteiger charge is -2.39. The molecule has 0 bridgehead atoms. The van der Waals surface area contributed by atoms with Crippen LogP contribution in [0.4, 0.5) is 0 Å². The summed E-state index contributed by atoms with van der Waals surface area (Å²) >= 11 is 0. The van der Waals surface area contributed by atoms with Crippen LogP contribution in [0.15, 0.2) is 0 Å². The van der Waals surface area contributed by atoms with Crippen molar-refractivity contribution in [1.82, 2.24) is 5.32 Å². The van der Waals surface area contributed by atoms with Crippen LogP contribution in [0.25, 0.3) is 0 Å². The molecular formula is C16H33N. The molecule has 0 spiro atoms. The van der Waals surface area contributed by atoms with Gasteiger partial charge in [0.2, 0.25) is 0 Å². The molecule has 1 rings (SSSR count). The highest BCUT2D eigenvalue weighted by Gasteiger charge is 2.32. The van der Waals surface area contributed by atoms with Crippen molar-refractivity contribution in [2.75, 3.05) is 6.54 Å². The number of hydrogen-bond donors (Lipinski definition) is 1. The molecule has 2 unspecified atom stereocenters. The van der Waals surface area contributed by atoms with Gasteiger partial charge in [0.1, 0.15) is 0 Å². The van der Waals surface area contributed by atoms with Gasteiger partial charge in [0.15, 0.2) is 0 Å². The van der Waals surface area contributed by atoms with E-state index in [1.807, 2.05) is 0 Å². The molecule has 0 aliphatic carbocycles. The topological polar surface area (TPSA) is 12.0 Å². The van der Waals surface area contributed by atoms with E-state index >= 15 is 0 Å². The van der Waals surface area contributed by atoms with Gasteiger partial charge in [-0.15, -0.1) is 0 Å². The standard InChI is InChI=1S/C16H33N/c1-5-12-16(3,4)15-11-9-7-6-8-10-13-17-14(15)2/h14-15,17H,5-13H2,1-4H3. The van der Waals surface area contributed by atoms with Crippen molar-refractivity contribution in [2.24, 2.45) is 11.3 Å². The second kappa shape index (κ2) is 7.41. The Hall–Kier alpha value is -0.0400. The molecule has 0 aromatic carbocycles. The molecule has 1 heteroatoms. The summed E-state index contributed by atoms with van der Waals surface area (Å²) in [6.07, 6.45) is 11.2. The minimum atomic E-state index is 0.500. The van der Waals surface area contributed by atoms with Crippen LogP contribution in [0, 0.1) is 11.3 Å². The number of nitrogens with one attached hydrogen (secondary N) is 1. The SMILES string of the molecule is CCCC(C)(C)C1CCCCCCCNC1C. The molecule has 1 saturated heterocycles. The lowest BCUT2D eigenvalue weighted by molar-refractivity contribution is 0.135. The van der Waals surface area contributed by atoms with Crippen LogP contribution in [0.2, 0.25) is 0 Å². The predicted molar refractivity (Wildman–Crippen MR) is 77.3 cm³/mol. The maximum absolute atomic E-state index is 3.77. The summed E-state index contributed by atoms with van der Waals surface area (Å²) in [5.74, 6) is 0.848. The minimum Gasteiger partial charge on any atom is -0.314 e. The van der Waals surface area contributed by atoms with E-state index in [-0.39, 0.29) is 0 Å². The first-order valence-electron chi connectivity index (χ1n) is 7.81. The fraction of sp³-hybridized carbons (Fsp3) is 1.00. The van der Waals surface area contributed by atoms with Gasteiger partial charge >= 0.3 is 0 Å². The van der Waals surface area contributed by atoms with Crippen molar-refractivity contribution in [3.8, 4) is 0 Å². The molecule has 17 heavy (non-hydrogen) atoms. The van der Waals surface area contributed by atoms with Crippen molar-refractivity contribution >= 4 is 0 Å². The summed E-state index contributed by atoms with van der Waals surface area (Å²) in [5, 5.41) is 3.77. The minimum absolute atomic E-state index is 0.500. The van der Waals surface area contributed by atoms with Gasteiger partial charge in [-0.2, -0.15) is 0 Å². The summed E-state index contributed by atoms with van der Waals surface area (Å²) in [6, 6.07) is 0.689. The highest BCUT2D eigenvalue weighted by atomic mass is 14.9. The summed E-state index contributed by atoms with van der Waals surface area (Å²) in [6.45, 7) is 10.9. The van der Waals surface area contributed by atoms with Crippen LogP contribution in [-0.2, 0) is 0 Å². The van der Waals surface area contributed by atoms with Crippen molar-refractivity contribution in [1.29, 1.82) is 0 Å². The molecule has 1 nitrogen and oxygen atoms in total. The maximum atomic E-state index is 3.77. The molecule has 0 aromatic rings. The Labute approximate surface area is 109 Å². The van der Waals surface area contributed by atoms with Gasteiger partial charge in [-0.3, -0.25) is 0 Å². The van der Waals surface area contributed by atoms with Gasteiger partial charge in [-0.1, -0.05) is 52.9 Å². The number of hydrogen-bond acceptors (Lipinski definition) is 1. The van der Waals surface area contributed by atoms with E-state index in [9.17, 15) is 0 Å². The van der Waals surface area contributed by atoms with Crippen LogP contribution in [0.1, 0.15) is 79.1 Å². The third kappa shape index (κ3) is 4.99. The van der Waals surface area contributed by atoms with E-state index in [4.69, 9.17) is 0 Å². The molecule has 2 atom stereocenters. The molecular weight excluding hydrogens is 206 g/mol. The third-order valence-corrected chi connectivity index (χ3v) is 4.66. The van der Waals surface area contributed by atoms with Crippen molar-refractivity contribution < 1.29 is 0 Å². The van der Waals surface area contributed by atoms with Gasteiger partial charge in [0.05, 0.1) is 0 Å². The van der Waals surface area contributed by atoms with E-state index < -0.39 is 0 Å². The van der Waals surface area contributed by atoms with Gasteiger partial charge in [-0.25, -0.2) is 0 Å². The van der Waals surface area contributed by atoms with Gasteiger partial charge in [-0.05, 0) is 44.1 Å². The van der Waals surface area contributed by atoms with Crippen molar-refractivity contribution in [3.05, 3.63) is 0 Å². The predicted octanol–water partition coefficient (Wildman–Crippen LogP) is 4.76. The van der Waals surface area contributed by atoms with Crippen LogP contribution in [0.3, 0.4) is 0 Å². The molecule has 1 aliphatic heterocycles. The number of rotatable bonds is 3. The lowest BCUT2D eigenvalue weighted by Crippen LogP contribution is -2.42. The van der Waals surface area contributed by atoms with E-state index in [0.717, 1.165) is 5.92 Å². The summed E-state index contributed by atoms with van der Waals surface area (Å²) in [7, 11) is 0. The molecule has 1 N–H and O–H groups in total. The first-order chi connectivity index (χ1) is 8.08. The fourth-order valence-corrected chi connectivity index (χ4v) is 3.64. The lowest BCUT2D eigenvalue weighted by atomic mass is 9.70. The van der Waals surface area contributed by atoms with E-state index in [0.29, 0.717) is 11.5 Å². The summed E-state index contributed by atoms with van der Waals surface area (Å²) in [4.78, 5) is 0. The monoisotopic (exact) mass is 239 g/mol. The Bertz CT molecular complexity index is 198. The Kier molecular flexibility index (Phi) is 6.54. The van der Waals surface area contributed by atoms with Crippen LogP contribution >= 0.6 is 0 Å². The molecule has 0 amide bonds. The third-order valence-electron chi connectivity index (χ3n) is 4.66. The van der Waals surface area contributed by atoms with Crippen LogP contribution in [0.5, 0.6) is 0 Å². The van der Waals surface area contributed by atoms with Gasteiger partial charge < -0.3 is 5.32 Å². The largest absolute Gasteiger partial charge is 0.314 e. The molecule has 0 saturated carbocycles. The normalized spacial score (nSPS) is 28.9. The molecule has 102 valence electrons. The smallest absolute Gasteiger partial charge is 0.00720 e. The highest BCUT2D eigenvalue weighted by Crippen LogP contribution is 2.38. The molecule has 0 aromatic heterocycles. The Balaban J connectivity index is 2.61. The molecule has 1 fully saturated rings. The molecule has 0 radical (unpaired) electrons. The fourth-order valence-electron chi connectivity index (χ4n) is 3.64. The molecule has 1 heterocycles. The van der Waals surface area contributed by atoms with Gasteiger partial charge in [0, 0.05) is 6.04 Å². The second-order valence-electron chi connectivity index (χ2n) is 6.64. The van der Waals surface area contributed by atoms with E-state index in [1.54, 1.807) is 0 Å².